The number of carbonyl (C=O) groups excluding carboxylic acids is 2. The minimum atomic E-state index is -0.344. The maximum Gasteiger partial charge on any atom is 0.258 e. The fourth-order valence-electron chi connectivity index (χ4n) is 2.25. The summed E-state index contributed by atoms with van der Waals surface area (Å²) in [4.78, 5) is 32.2. The Kier molecular flexibility index (Phi) is 5.61. The zero-order chi connectivity index (χ0) is 19.9. The van der Waals surface area contributed by atoms with Crippen molar-refractivity contribution < 1.29 is 9.59 Å². The molecule has 140 valence electrons. The van der Waals surface area contributed by atoms with Gasteiger partial charge in [-0.1, -0.05) is 12.1 Å². The predicted octanol–water partition coefficient (Wildman–Crippen LogP) is 2.55. The lowest BCUT2D eigenvalue weighted by Gasteiger charge is -2.05. The molecule has 0 saturated heterocycles. The summed E-state index contributed by atoms with van der Waals surface area (Å²) in [7, 11) is 0. The molecule has 3 aromatic rings. The van der Waals surface area contributed by atoms with Gasteiger partial charge in [-0.2, -0.15) is 0 Å². The first-order chi connectivity index (χ1) is 13.5. The number of amides is 2. The third-order valence-corrected chi connectivity index (χ3v) is 3.72. The maximum absolute atomic E-state index is 12.1. The van der Waals surface area contributed by atoms with Gasteiger partial charge < -0.3 is 16.8 Å². The lowest BCUT2D eigenvalue weighted by molar-refractivity contribution is -0.111. The molecule has 6 N–H and O–H groups in total. The van der Waals surface area contributed by atoms with Crippen LogP contribution in [0.5, 0.6) is 0 Å². The van der Waals surface area contributed by atoms with Crippen LogP contribution in [0.1, 0.15) is 15.9 Å². The van der Waals surface area contributed by atoms with Crippen molar-refractivity contribution in [1.29, 1.82) is 0 Å². The van der Waals surface area contributed by atoms with Gasteiger partial charge in [-0.05, 0) is 42.5 Å². The molecule has 2 aromatic carbocycles. The molecule has 8 heteroatoms. The molecule has 0 aliphatic rings. The molecule has 0 fully saturated rings. The number of aromatic nitrogens is 2. The van der Waals surface area contributed by atoms with Crippen LogP contribution in [0.15, 0.2) is 67.0 Å². The van der Waals surface area contributed by atoms with Crippen LogP contribution < -0.4 is 22.1 Å². The molecule has 0 radical (unpaired) electrons. The van der Waals surface area contributed by atoms with Crippen LogP contribution in [-0.2, 0) is 4.79 Å². The quantitative estimate of drug-likeness (QED) is 0.400. The number of para-hydroxylation sites is 2. The average molecular weight is 374 g/mol. The van der Waals surface area contributed by atoms with Crippen LogP contribution in [-0.4, -0.2) is 21.8 Å². The van der Waals surface area contributed by atoms with Gasteiger partial charge in [0.25, 0.3) is 5.91 Å². The Morgan fingerprint density at radius 3 is 2.25 bits per heavy atom. The van der Waals surface area contributed by atoms with Crippen LogP contribution in [0.4, 0.5) is 23.0 Å². The SMILES string of the molecule is Nc1ccc(C(=O)Nc2ncc(/C=C/C(=O)Nc3ccccc3N)cn2)cc1. The van der Waals surface area contributed by atoms with Gasteiger partial charge in [0.1, 0.15) is 0 Å². The highest BCUT2D eigenvalue weighted by atomic mass is 16.2. The summed E-state index contributed by atoms with van der Waals surface area (Å²) in [5.41, 5.74) is 14.0. The molecule has 0 saturated carbocycles. The van der Waals surface area contributed by atoms with Crippen molar-refractivity contribution in [3.05, 3.63) is 78.1 Å². The summed E-state index contributed by atoms with van der Waals surface area (Å²) < 4.78 is 0. The minimum absolute atomic E-state index is 0.153. The van der Waals surface area contributed by atoms with E-state index in [1.54, 1.807) is 54.6 Å². The predicted molar refractivity (Wildman–Crippen MR) is 109 cm³/mol. The standard InChI is InChI=1S/C20H18N6O2/c21-15-8-6-14(7-9-15)19(28)26-20-23-11-13(12-24-20)5-10-18(27)25-17-4-2-1-3-16(17)22/h1-12H,21-22H2,(H,25,27)(H,23,24,26,28)/b10-5+. The van der Waals surface area contributed by atoms with Gasteiger partial charge in [-0.25, -0.2) is 9.97 Å². The van der Waals surface area contributed by atoms with Crippen molar-refractivity contribution >= 4 is 40.9 Å². The van der Waals surface area contributed by atoms with Gasteiger partial charge in [0.05, 0.1) is 11.4 Å². The van der Waals surface area contributed by atoms with Crippen molar-refractivity contribution in [1.82, 2.24) is 9.97 Å². The normalized spacial score (nSPS) is 10.6. The monoisotopic (exact) mass is 374 g/mol. The molecule has 0 spiro atoms. The van der Waals surface area contributed by atoms with E-state index < -0.39 is 0 Å². The van der Waals surface area contributed by atoms with E-state index in [0.29, 0.717) is 28.2 Å². The van der Waals surface area contributed by atoms with Crippen LogP contribution >= 0.6 is 0 Å². The summed E-state index contributed by atoms with van der Waals surface area (Å²) in [5, 5.41) is 5.27. The van der Waals surface area contributed by atoms with E-state index in [1.165, 1.54) is 18.5 Å². The Hall–Kier alpha value is -4.20. The van der Waals surface area contributed by atoms with E-state index in [9.17, 15) is 9.59 Å². The van der Waals surface area contributed by atoms with Crippen LogP contribution in [0, 0.1) is 0 Å². The second-order valence-electron chi connectivity index (χ2n) is 5.83. The maximum atomic E-state index is 12.1. The summed E-state index contributed by atoms with van der Waals surface area (Å²) in [5.74, 6) is -0.526. The molecule has 0 aliphatic heterocycles. The number of rotatable bonds is 5. The Balaban J connectivity index is 1.58. The van der Waals surface area contributed by atoms with Crippen molar-refractivity contribution in [3.63, 3.8) is 0 Å². The third kappa shape index (κ3) is 4.92. The van der Waals surface area contributed by atoms with Crippen molar-refractivity contribution in [3.8, 4) is 0 Å². The highest BCUT2D eigenvalue weighted by molar-refractivity contribution is 6.04. The highest BCUT2D eigenvalue weighted by Gasteiger charge is 2.07. The molecule has 0 aliphatic carbocycles. The lowest BCUT2D eigenvalue weighted by Crippen LogP contribution is -2.14. The van der Waals surface area contributed by atoms with Crippen molar-refractivity contribution in [2.45, 2.75) is 0 Å². The number of benzene rings is 2. The summed E-state index contributed by atoms with van der Waals surface area (Å²) in [6.07, 6.45) is 5.89. The Labute approximate surface area is 161 Å². The number of nitrogens with one attached hydrogen (secondary N) is 2. The first-order valence-corrected chi connectivity index (χ1v) is 8.34. The topological polar surface area (TPSA) is 136 Å². The molecule has 1 aromatic heterocycles. The molecule has 3 rings (SSSR count). The number of nitrogens with two attached hydrogens (primary N) is 2. The first kappa shape index (κ1) is 18.6. The van der Waals surface area contributed by atoms with E-state index in [0.717, 1.165) is 0 Å². The zero-order valence-corrected chi connectivity index (χ0v) is 14.8. The molecule has 8 nitrogen and oxygen atoms in total. The molecule has 1 heterocycles. The van der Waals surface area contributed by atoms with Gasteiger partial charge in [0.2, 0.25) is 11.9 Å². The summed E-state index contributed by atoms with van der Waals surface area (Å²) >= 11 is 0. The van der Waals surface area contributed by atoms with Gasteiger partial charge in [0.15, 0.2) is 0 Å². The number of nitrogen functional groups attached to an aromatic ring is 2. The molecular weight excluding hydrogens is 356 g/mol. The Morgan fingerprint density at radius 1 is 0.893 bits per heavy atom. The highest BCUT2D eigenvalue weighted by Crippen LogP contribution is 2.16. The number of hydrogen-bond donors (Lipinski definition) is 4. The number of carbonyl (C=O) groups is 2. The van der Waals surface area contributed by atoms with E-state index in [-0.39, 0.29) is 17.8 Å². The molecular formula is C20H18N6O2. The van der Waals surface area contributed by atoms with E-state index in [1.807, 2.05) is 0 Å². The third-order valence-electron chi connectivity index (χ3n) is 3.72. The minimum Gasteiger partial charge on any atom is -0.399 e. The molecule has 0 unspecified atom stereocenters. The largest absolute Gasteiger partial charge is 0.399 e. The van der Waals surface area contributed by atoms with E-state index in [2.05, 4.69) is 20.6 Å². The molecule has 0 bridgehead atoms. The second-order valence-corrected chi connectivity index (χ2v) is 5.83. The van der Waals surface area contributed by atoms with Gasteiger partial charge in [0, 0.05) is 35.3 Å². The molecule has 0 atom stereocenters. The van der Waals surface area contributed by atoms with Crippen molar-refractivity contribution in [2.24, 2.45) is 0 Å². The van der Waals surface area contributed by atoms with E-state index in [4.69, 9.17) is 11.5 Å². The average Bonchev–Trinajstić information content (AvgIpc) is 2.70. The van der Waals surface area contributed by atoms with Crippen LogP contribution in [0.2, 0.25) is 0 Å². The smallest absolute Gasteiger partial charge is 0.258 e. The molecule has 2 amide bonds. The Morgan fingerprint density at radius 2 is 1.57 bits per heavy atom. The number of anilines is 4. The Bertz CT molecular complexity index is 1010. The fraction of sp³-hybridized carbons (Fsp3) is 0. The lowest BCUT2D eigenvalue weighted by atomic mass is 10.2. The first-order valence-electron chi connectivity index (χ1n) is 8.34. The van der Waals surface area contributed by atoms with Gasteiger partial charge in [-0.15, -0.1) is 0 Å². The second kappa shape index (κ2) is 8.45. The zero-order valence-electron chi connectivity index (χ0n) is 14.8. The number of nitrogens with zero attached hydrogens (tertiary/aromatic N) is 2. The van der Waals surface area contributed by atoms with Crippen molar-refractivity contribution in [2.75, 3.05) is 22.1 Å². The van der Waals surface area contributed by atoms with Gasteiger partial charge in [-0.3, -0.25) is 14.9 Å². The summed E-state index contributed by atoms with van der Waals surface area (Å²) in [6.45, 7) is 0. The van der Waals surface area contributed by atoms with Crippen LogP contribution in [0.25, 0.3) is 6.08 Å². The number of hydrogen-bond acceptors (Lipinski definition) is 6. The molecule has 28 heavy (non-hydrogen) atoms. The van der Waals surface area contributed by atoms with E-state index >= 15 is 0 Å². The van der Waals surface area contributed by atoms with Gasteiger partial charge >= 0.3 is 0 Å². The van der Waals surface area contributed by atoms with Crippen LogP contribution in [0.3, 0.4) is 0 Å². The summed E-state index contributed by atoms with van der Waals surface area (Å²) in [6, 6.07) is 13.5. The fourth-order valence-corrected chi connectivity index (χ4v) is 2.25.